The normalized spacial score (nSPS) is 15.7. The Morgan fingerprint density at radius 2 is 1.93 bits per heavy atom. The van der Waals surface area contributed by atoms with E-state index < -0.39 is 0 Å². The number of piperidine rings is 1. The average Bonchev–Trinajstić information content (AvgIpc) is 3.31. The third-order valence-electron chi connectivity index (χ3n) is 5.64. The van der Waals surface area contributed by atoms with Crippen molar-refractivity contribution in [3.63, 3.8) is 0 Å². The van der Waals surface area contributed by atoms with E-state index >= 15 is 0 Å². The summed E-state index contributed by atoms with van der Waals surface area (Å²) in [4.78, 5) is 26.1. The predicted molar refractivity (Wildman–Crippen MR) is 107 cm³/mol. The minimum absolute atomic E-state index is 0.0978. The number of H-pyrrole nitrogens is 2. The number of carbonyl (C=O) groups excluding carboxylic acids is 1. The van der Waals surface area contributed by atoms with Crippen molar-refractivity contribution < 1.29 is 4.79 Å². The van der Waals surface area contributed by atoms with Gasteiger partial charge in [-0.3, -0.25) is 9.78 Å². The number of benzene rings is 1. The van der Waals surface area contributed by atoms with Crippen LogP contribution in [0.5, 0.6) is 0 Å². The van der Waals surface area contributed by atoms with Gasteiger partial charge in [0.15, 0.2) is 0 Å². The van der Waals surface area contributed by atoms with Crippen LogP contribution in [0.1, 0.15) is 40.5 Å². The monoisotopic (exact) mass is 358 g/mol. The molecule has 0 bridgehead atoms. The van der Waals surface area contributed by atoms with Crippen molar-refractivity contribution in [3.05, 3.63) is 65.6 Å². The molecule has 0 unspecified atom stereocenters. The molecule has 4 aromatic rings. The van der Waals surface area contributed by atoms with Crippen molar-refractivity contribution in [2.45, 2.75) is 25.7 Å². The Labute approximate surface area is 157 Å². The number of carbonyl (C=O) groups is 1. The van der Waals surface area contributed by atoms with Crippen LogP contribution in [0.25, 0.3) is 21.9 Å². The summed E-state index contributed by atoms with van der Waals surface area (Å²) in [6, 6.07) is 14.3. The summed E-state index contributed by atoms with van der Waals surface area (Å²) in [7, 11) is 0. The first-order valence-electron chi connectivity index (χ1n) is 9.50. The third kappa shape index (κ3) is 2.89. The van der Waals surface area contributed by atoms with E-state index in [0.717, 1.165) is 47.9 Å². The van der Waals surface area contributed by atoms with Gasteiger partial charge in [-0.2, -0.15) is 0 Å². The van der Waals surface area contributed by atoms with E-state index in [1.807, 2.05) is 23.2 Å². The van der Waals surface area contributed by atoms with E-state index in [1.54, 1.807) is 0 Å². The van der Waals surface area contributed by atoms with Gasteiger partial charge in [-0.15, -0.1) is 0 Å². The Morgan fingerprint density at radius 1 is 1.07 bits per heavy atom. The molecule has 27 heavy (non-hydrogen) atoms. The van der Waals surface area contributed by atoms with Gasteiger partial charge in [0.05, 0.1) is 11.0 Å². The molecule has 1 aromatic carbocycles. The molecule has 0 saturated carbocycles. The zero-order valence-corrected chi connectivity index (χ0v) is 15.3. The van der Waals surface area contributed by atoms with Gasteiger partial charge in [0.25, 0.3) is 5.91 Å². The minimum atomic E-state index is 0.0978. The molecule has 5 nitrogen and oxygen atoms in total. The number of aryl methyl sites for hydroxylation is 1. The average molecular weight is 358 g/mol. The van der Waals surface area contributed by atoms with Crippen molar-refractivity contribution in [1.29, 1.82) is 0 Å². The Morgan fingerprint density at radius 3 is 2.74 bits per heavy atom. The number of amides is 1. The lowest BCUT2D eigenvalue weighted by Crippen LogP contribution is -2.38. The number of fused-ring (bicyclic) bond motifs is 2. The predicted octanol–water partition coefficient (Wildman–Crippen LogP) is 4.37. The van der Waals surface area contributed by atoms with Crippen LogP contribution in [0.15, 0.2) is 48.7 Å². The molecule has 1 amide bonds. The van der Waals surface area contributed by atoms with E-state index in [0.29, 0.717) is 11.6 Å². The van der Waals surface area contributed by atoms with Crippen molar-refractivity contribution >= 4 is 27.8 Å². The van der Waals surface area contributed by atoms with Gasteiger partial charge in [0, 0.05) is 41.8 Å². The summed E-state index contributed by atoms with van der Waals surface area (Å²) in [5.41, 5.74) is 6.23. The van der Waals surface area contributed by atoms with Crippen molar-refractivity contribution in [3.8, 4) is 0 Å². The highest BCUT2D eigenvalue weighted by molar-refractivity contribution is 5.98. The lowest BCUT2D eigenvalue weighted by atomic mass is 9.93. The standard InChI is InChI=1S/C22H22N4O/c1-14-4-5-16-12-21(25-18(16)11-14)22(27)26-9-6-15(7-10-26)19-13-20-17(24-19)3-2-8-23-20/h2-5,8,11-13,15,24-25H,6-7,9-10H2,1H3. The summed E-state index contributed by atoms with van der Waals surface area (Å²) in [5.74, 6) is 0.550. The summed E-state index contributed by atoms with van der Waals surface area (Å²) >= 11 is 0. The van der Waals surface area contributed by atoms with Gasteiger partial charge >= 0.3 is 0 Å². The van der Waals surface area contributed by atoms with Crippen molar-refractivity contribution in [2.75, 3.05) is 13.1 Å². The molecule has 5 rings (SSSR count). The second-order valence-electron chi connectivity index (χ2n) is 7.50. The number of nitrogens with zero attached hydrogens (tertiary/aromatic N) is 2. The summed E-state index contributed by atoms with van der Waals surface area (Å²) < 4.78 is 0. The molecule has 0 aliphatic carbocycles. The smallest absolute Gasteiger partial charge is 0.270 e. The summed E-state index contributed by atoms with van der Waals surface area (Å²) in [5, 5.41) is 1.09. The second kappa shape index (κ2) is 6.27. The first-order chi connectivity index (χ1) is 13.2. The van der Waals surface area contributed by atoms with Crippen LogP contribution in [0, 0.1) is 6.92 Å². The van der Waals surface area contributed by atoms with E-state index in [9.17, 15) is 4.79 Å². The first-order valence-corrected chi connectivity index (χ1v) is 9.50. The molecule has 1 saturated heterocycles. The van der Waals surface area contributed by atoms with Crippen LogP contribution in [0.4, 0.5) is 0 Å². The molecule has 4 heterocycles. The van der Waals surface area contributed by atoms with E-state index in [-0.39, 0.29) is 5.91 Å². The SMILES string of the molecule is Cc1ccc2cc(C(=O)N3CCC(c4cc5ncccc5[nH]4)CC3)[nH]c2c1. The number of rotatable bonds is 2. The van der Waals surface area contributed by atoms with E-state index in [2.05, 4.69) is 52.2 Å². The highest BCUT2D eigenvalue weighted by Gasteiger charge is 2.26. The summed E-state index contributed by atoms with van der Waals surface area (Å²) in [6.07, 6.45) is 3.76. The summed E-state index contributed by atoms with van der Waals surface area (Å²) in [6.45, 7) is 3.62. The quantitative estimate of drug-likeness (QED) is 0.559. The third-order valence-corrected chi connectivity index (χ3v) is 5.64. The Balaban J connectivity index is 1.31. The Bertz CT molecular complexity index is 1100. The van der Waals surface area contributed by atoms with Crippen LogP contribution in [0.3, 0.4) is 0 Å². The molecule has 1 aliphatic heterocycles. The number of aromatic amines is 2. The first kappa shape index (κ1) is 16.1. The number of pyridine rings is 1. The van der Waals surface area contributed by atoms with Crippen LogP contribution < -0.4 is 0 Å². The number of aromatic nitrogens is 3. The maximum absolute atomic E-state index is 12.9. The highest BCUT2D eigenvalue weighted by atomic mass is 16.2. The molecule has 2 N–H and O–H groups in total. The van der Waals surface area contributed by atoms with Gasteiger partial charge in [-0.05, 0) is 55.7 Å². The molecule has 0 radical (unpaired) electrons. The molecule has 0 atom stereocenters. The van der Waals surface area contributed by atoms with Gasteiger partial charge in [-0.25, -0.2) is 0 Å². The van der Waals surface area contributed by atoms with Crippen LogP contribution in [-0.4, -0.2) is 38.8 Å². The number of hydrogen-bond donors (Lipinski definition) is 2. The zero-order chi connectivity index (χ0) is 18.4. The molecular formula is C22H22N4O. The van der Waals surface area contributed by atoms with Crippen LogP contribution >= 0.6 is 0 Å². The van der Waals surface area contributed by atoms with E-state index in [1.165, 1.54) is 11.3 Å². The maximum Gasteiger partial charge on any atom is 0.270 e. The van der Waals surface area contributed by atoms with Crippen molar-refractivity contribution in [1.82, 2.24) is 19.9 Å². The lowest BCUT2D eigenvalue weighted by Gasteiger charge is -2.31. The second-order valence-corrected chi connectivity index (χ2v) is 7.50. The maximum atomic E-state index is 12.9. The molecule has 1 aliphatic rings. The molecule has 1 fully saturated rings. The van der Waals surface area contributed by atoms with Gasteiger partial charge in [0.2, 0.25) is 0 Å². The molecular weight excluding hydrogens is 336 g/mol. The molecule has 0 spiro atoms. The molecule has 3 aromatic heterocycles. The Kier molecular flexibility index (Phi) is 3.74. The van der Waals surface area contributed by atoms with Gasteiger partial charge in [-0.1, -0.05) is 12.1 Å². The Hall–Kier alpha value is -3.08. The van der Waals surface area contributed by atoms with Crippen molar-refractivity contribution in [2.24, 2.45) is 0 Å². The van der Waals surface area contributed by atoms with E-state index in [4.69, 9.17) is 0 Å². The lowest BCUT2D eigenvalue weighted by molar-refractivity contribution is 0.0707. The fourth-order valence-corrected chi connectivity index (χ4v) is 4.12. The fraction of sp³-hybridized carbons (Fsp3) is 0.273. The van der Waals surface area contributed by atoms with Gasteiger partial charge in [0.1, 0.15) is 5.69 Å². The van der Waals surface area contributed by atoms with Crippen LogP contribution in [-0.2, 0) is 0 Å². The number of hydrogen-bond acceptors (Lipinski definition) is 2. The minimum Gasteiger partial charge on any atom is -0.357 e. The molecule has 5 heteroatoms. The fourth-order valence-electron chi connectivity index (χ4n) is 4.12. The zero-order valence-electron chi connectivity index (χ0n) is 15.3. The van der Waals surface area contributed by atoms with Gasteiger partial charge < -0.3 is 14.9 Å². The van der Waals surface area contributed by atoms with Crippen LogP contribution in [0.2, 0.25) is 0 Å². The molecule has 136 valence electrons. The highest BCUT2D eigenvalue weighted by Crippen LogP contribution is 2.30. The topological polar surface area (TPSA) is 64.8 Å². The number of nitrogens with one attached hydrogen (secondary N) is 2. The largest absolute Gasteiger partial charge is 0.357 e. The number of likely N-dealkylation sites (tertiary alicyclic amines) is 1.